The van der Waals surface area contributed by atoms with E-state index >= 15 is 0 Å². The van der Waals surface area contributed by atoms with Crippen molar-refractivity contribution in [1.29, 1.82) is 0 Å². The zero-order valence-electron chi connectivity index (χ0n) is 32.1. The summed E-state index contributed by atoms with van der Waals surface area (Å²) in [6, 6.07) is 78.8. The maximum atomic E-state index is 6.68. The van der Waals surface area contributed by atoms with E-state index < -0.39 is 0 Å². The molecule has 2 heterocycles. The van der Waals surface area contributed by atoms with Crippen LogP contribution < -0.4 is 4.90 Å². The highest BCUT2D eigenvalue weighted by atomic mass is 16.3. The van der Waals surface area contributed by atoms with Crippen molar-refractivity contribution in [2.45, 2.75) is 0 Å². The van der Waals surface area contributed by atoms with Crippen LogP contribution in [0.4, 0.5) is 17.1 Å². The van der Waals surface area contributed by atoms with Crippen molar-refractivity contribution in [3.05, 3.63) is 218 Å². The average molecular weight is 753 g/mol. The fraction of sp³-hybridized carbons (Fsp3) is 0. The highest BCUT2D eigenvalue weighted by Crippen LogP contribution is 2.49. The number of furan rings is 1. The Kier molecular flexibility index (Phi) is 7.54. The molecule has 0 spiro atoms. The van der Waals surface area contributed by atoms with E-state index in [0.717, 1.165) is 55.6 Å². The van der Waals surface area contributed by atoms with Crippen LogP contribution in [-0.4, -0.2) is 4.57 Å². The highest BCUT2D eigenvalue weighted by molar-refractivity contribution is 6.24. The molecular formula is C56H36N2O. The molecule has 12 aromatic rings. The molecule has 0 atom stereocenters. The number of nitrogens with zero attached hydrogens (tertiary/aromatic N) is 2. The van der Waals surface area contributed by atoms with Crippen molar-refractivity contribution in [2.24, 2.45) is 0 Å². The lowest BCUT2D eigenvalue weighted by Gasteiger charge is -2.27. The Morgan fingerprint density at radius 3 is 1.75 bits per heavy atom. The summed E-state index contributed by atoms with van der Waals surface area (Å²) < 4.78 is 9.16. The van der Waals surface area contributed by atoms with Crippen LogP contribution in [0.15, 0.2) is 223 Å². The molecule has 0 fully saturated rings. The summed E-state index contributed by atoms with van der Waals surface area (Å²) in [7, 11) is 0. The topological polar surface area (TPSA) is 21.3 Å². The molecule has 0 aliphatic carbocycles. The van der Waals surface area contributed by atoms with Crippen molar-refractivity contribution < 1.29 is 4.42 Å². The Bertz CT molecular complexity index is 3540. The third-order valence-electron chi connectivity index (χ3n) is 11.9. The molecule has 0 bridgehead atoms. The third kappa shape index (κ3) is 5.36. The van der Waals surface area contributed by atoms with Crippen LogP contribution in [0.3, 0.4) is 0 Å². The first kappa shape index (κ1) is 33.3. The minimum atomic E-state index is 0.858. The largest absolute Gasteiger partial charge is 0.456 e. The number of benzene rings is 10. The Morgan fingerprint density at radius 2 is 0.966 bits per heavy atom. The average Bonchev–Trinajstić information content (AvgIpc) is 3.85. The number of rotatable bonds is 6. The number of aromatic nitrogens is 1. The molecular weight excluding hydrogens is 717 g/mol. The molecule has 0 amide bonds. The van der Waals surface area contributed by atoms with Gasteiger partial charge in [0.15, 0.2) is 0 Å². The van der Waals surface area contributed by atoms with Crippen LogP contribution in [0.5, 0.6) is 0 Å². The SMILES string of the molecule is c1ccc(-c2ccc(N(c3cccc4oc5cc6ccccc6cc5c34)c3cccc4c3c3ccc5ccccc5c3n4-c3cccc(-c4ccccc4)c3)cc2)cc1. The molecule has 0 unspecified atom stereocenters. The fourth-order valence-electron chi connectivity index (χ4n) is 9.24. The molecule has 12 rings (SSSR count). The lowest BCUT2D eigenvalue weighted by Crippen LogP contribution is -2.11. The van der Waals surface area contributed by atoms with Crippen LogP contribution in [0.1, 0.15) is 0 Å². The third-order valence-corrected chi connectivity index (χ3v) is 11.9. The number of hydrogen-bond donors (Lipinski definition) is 0. The second kappa shape index (κ2) is 13.4. The first-order valence-electron chi connectivity index (χ1n) is 20.2. The van der Waals surface area contributed by atoms with Gasteiger partial charge in [-0.1, -0.05) is 158 Å². The molecule has 276 valence electrons. The number of hydrogen-bond acceptors (Lipinski definition) is 2. The molecule has 0 aliphatic rings. The van der Waals surface area contributed by atoms with Crippen LogP contribution >= 0.6 is 0 Å². The van der Waals surface area contributed by atoms with Crippen molar-refractivity contribution in [3.8, 4) is 27.9 Å². The van der Waals surface area contributed by atoms with Gasteiger partial charge in [-0.05, 0) is 99.1 Å². The van der Waals surface area contributed by atoms with Gasteiger partial charge in [0.25, 0.3) is 0 Å². The van der Waals surface area contributed by atoms with Gasteiger partial charge in [-0.3, -0.25) is 0 Å². The summed E-state index contributed by atoms with van der Waals surface area (Å²) >= 11 is 0. The van der Waals surface area contributed by atoms with E-state index in [2.05, 4.69) is 228 Å². The van der Waals surface area contributed by atoms with Gasteiger partial charge in [-0.2, -0.15) is 0 Å². The zero-order chi connectivity index (χ0) is 38.9. The second-order valence-corrected chi connectivity index (χ2v) is 15.3. The summed E-state index contributed by atoms with van der Waals surface area (Å²) in [5.74, 6) is 0. The summed E-state index contributed by atoms with van der Waals surface area (Å²) in [6.07, 6.45) is 0. The summed E-state index contributed by atoms with van der Waals surface area (Å²) in [5, 5.41) is 9.33. The van der Waals surface area contributed by atoms with Crippen LogP contribution in [0.2, 0.25) is 0 Å². The Hall–Kier alpha value is -7.88. The number of anilines is 3. The fourth-order valence-corrected chi connectivity index (χ4v) is 9.24. The van der Waals surface area contributed by atoms with E-state index in [1.54, 1.807) is 0 Å². The molecule has 3 nitrogen and oxygen atoms in total. The minimum Gasteiger partial charge on any atom is -0.456 e. The molecule has 59 heavy (non-hydrogen) atoms. The number of fused-ring (bicyclic) bond motifs is 9. The summed E-state index contributed by atoms with van der Waals surface area (Å²) in [5.41, 5.74) is 13.1. The van der Waals surface area contributed by atoms with E-state index in [-0.39, 0.29) is 0 Å². The molecule has 0 saturated heterocycles. The van der Waals surface area contributed by atoms with Crippen molar-refractivity contribution in [3.63, 3.8) is 0 Å². The maximum absolute atomic E-state index is 6.68. The maximum Gasteiger partial charge on any atom is 0.137 e. The van der Waals surface area contributed by atoms with Crippen LogP contribution in [0.25, 0.3) is 93.2 Å². The van der Waals surface area contributed by atoms with Crippen molar-refractivity contribution in [2.75, 3.05) is 4.90 Å². The predicted octanol–water partition coefficient (Wildman–Crippen LogP) is 15.8. The minimum absolute atomic E-state index is 0.858. The highest BCUT2D eigenvalue weighted by Gasteiger charge is 2.25. The predicted molar refractivity (Wildman–Crippen MR) is 249 cm³/mol. The summed E-state index contributed by atoms with van der Waals surface area (Å²) in [4.78, 5) is 2.45. The van der Waals surface area contributed by atoms with Crippen molar-refractivity contribution in [1.82, 2.24) is 4.57 Å². The quantitative estimate of drug-likeness (QED) is 0.169. The summed E-state index contributed by atoms with van der Waals surface area (Å²) in [6.45, 7) is 0. The van der Waals surface area contributed by atoms with Gasteiger partial charge >= 0.3 is 0 Å². The van der Waals surface area contributed by atoms with E-state index in [0.29, 0.717) is 0 Å². The molecule has 0 saturated carbocycles. The van der Waals surface area contributed by atoms with Crippen LogP contribution in [0, 0.1) is 0 Å². The van der Waals surface area contributed by atoms with Gasteiger partial charge in [-0.25, -0.2) is 0 Å². The van der Waals surface area contributed by atoms with Gasteiger partial charge < -0.3 is 13.9 Å². The lowest BCUT2D eigenvalue weighted by atomic mass is 10.0. The normalized spacial score (nSPS) is 11.7. The van der Waals surface area contributed by atoms with Gasteiger partial charge in [-0.15, -0.1) is 0 Å². The molecule has 0 N–H and O–H groups in total. The Labute approximate surface area is 341 Å². The molecule has 2 aromatic heterocycles. The van der Waals surface area contributed by atoms with E-state index in [9.17, 15) is 0 Å². The van der Waals surface area contributed by atoms with E-state index in [4.69, 9.17) is 4.42 Å². The molecule has 0 aliphatic heterocycles. The van der Waals surface area contributed by atoms with Gasteiger partial charge in [0, 0.05) is 32.9 Å². The first-order chi connectivity index (χ1) is 29.3. The second-order valence-electron chi connectivity index (χ2n) is 15.3. The van der Waals surface area contributed by atoms with Crippen molar-refractivity contribution >= 4 is 82.4 Å². The van der Waals surface area contributed by atoms with Crippen LogP contribution in [-0.2, 0) is 0 Å². The lowest BCUT2D eigenvalue weighted by molar-refractivity contribution is 0.669. The molecule has 10 aromatic carbocycles. The Morgan fingerprint density at radius 1 is 0.356 bits per heavy atom. The smallest absolute Gasteiger partial charge is 0.137 e. The zero-order valence-corrected chi connectivity index (χ0v) is 32.1. The Balaban J connectivity index is 1.18. The van der Waals surface area contributed by atoms with Gasteiger partial charge in [0.2, 0.25) is 0 Å². The molecule has 3 heteroatoms. The first-order valence-corrected chi connectivity index (χ1v) is 20.2. The monoisotopic (exact) mass is 752 g/mol. The van der Waals surface area contributed by atoms with E-state index in [1.165, 1.54) is 54.7 Å². The molecule has 0 radical (unpaired) electrons. The standard InChI is InChI=1S/C56H36N2O/c1-3-14-37(15-4-1)39-28-31-44(32-29-39)57(51-26-13-27-52-55(51)48-35-42-19-7-8-20-43(42)36-53(48)59-52)49-24-12-25-50-54(49)47-33-30-40-18-9-10-23-46(40)56(47)58(50)45-22-11-21-41(34-45)38-16-5-2-6-17-38/h1-36H. The van der Waals surface area contributed by atoms with Gasteiger partial charge in [0.1, 0.15) is 11.2 Å². The van der Waals surface area contributed by atoms with Gasteiger partial charge in [0.05, 0.1) is 27.8 Å². The van der Waals surface area contributed by atoms with E-state index in [1.807, 2.05) is 0 Å².